The van der Waals surface area contributed by atoms with E-state index in [0.29, 0.717) is 11.4 Å². The number of amides is 1. The third-order valence-corrected chi connectivity index (χ3v) is 2.07. The van der Waals surface area contributed by atoms with Gasteiger partial charge >= 0.3 is 6.09 Å². The Morgan fingerprint density at radius 3 is 2.44 bits per heavy atom. The molecule has 0 saturated heterocycles. The molecule has 100 valence electrons. The van der Waals surface area contributed by atoms with E-state index in [2.05, 4.69) is 10.6 Å². The number of aromatic hydroxyl groups is 1. The van der Waals surface area contributed by atoms with Crippen molar-refractivity contribution >= 4 is 23.2 Å². The Balaban J connectivity index is 2.88. The zero-order valence-corrected chi connectivity index (χ0v) is 11.0. The summed E-state index contributed by atoms with van der Waals surface area (Å²) >= 11 is 0. The molecule has 0 aromatic heterocycles. The van der Waals surface area contributed by atoms with Gasteiger partial charge in [0.25, 0.3) is 0 Å². The monoisotopic (exact) mass is 253 g/mol. The molecule has 0 aliphatic rings. The first-order valence-electron chi connectivity index (χ1n) is 5.53. The average Bonchev–Trinajstić information content (AvgIpc) is 2.19. The standard InChI is InChI=1S/C12H19N3O3/c1-12(2,3)18-11(17)15-9-6-8(14-4)7(13)5-10(9)16/h5-6,14,16H,13H2,1-4H3,(H,15,17). The van der Waals surface area contributed by atoms with Crippen LogP contribution in [-0.4, -0.2) is 23.8 Å². The number of phenolic OH excluding ortho intramolecular Hbond substituents is 1. The van der Waals surface area contributed by atoms with Gasteiger partial charge in [0.2, 0.25) is 0 Å². The van der Waals surface area contributed by atoms with E-state index in [-0.39, 0.29) is 11.4 Å². The molecule has 5 N–H and O–H groups in total. The maximum absolute atomic E-state index is 11.6. The first-order chi connectivity index (χ1) is 8.23. The number of nitrogens with one attached hydrogen (secondary N) is 2. The predicted molar refractivity (Wildman–Crippen MR) is 71.9 cm³/mol. The van der Waals surface area contributed by atoms with E-state index in [1.54, 1.807) is 27.8 Å². The van der Waals surface area contributed by atoms with Crippen LogP contribution >= 0.6 is 0 Å². The van der Waals surface area contributed by atoms with Gasteiger partial charge < -0.3 is 20.9 Å². The summed E-state index contributed by atoms with van der Waals surface area (Å²) in [4.78, 5) is 11.6. The molecular formula is C12H19N3O3. The molecule has 0 aliphatic carbocycles. The Bertz CT molecular complexity index is 453. The fourth-order valence-corrected chi connectivity index (χ4v) is 1.33. The van der Waals surface area contributed by atoms with Gasteiger partial charge in [0.1, 0.15) is 11.4 Å². The number of anilines is 3. The van der Waals surface area contributed by atoms with Crippen molar-refractivity contribution in [2.45, 2.75) is 26.4 Å². The lowest BCUT2D eigenvalue weighted by Crippen LogP contribution is -2.27. The highest BCUT2D eigenvalue weighted by Crippen LogP contribution is 2.32. The van der Waals surface area contributed by atoms with E-state index in [9.17, 15) is 9.90 Å². The molecular weight excluding hydrogens is 234 g/mol. The second-order valence-corrected chi connectivity index (χ2v) is 4.83. The quantitative estimate of drug-likeness (QED) is 0.368. The normalized spacial score (nSPS) is 10.9. The summed E-state index contributed by atoms with van der Waals surface area (Å²) in [6, 6.07) is 2.90. The molecule has 6 heteroatoms. The largest absolute Gasteiger partial charge is 0.506 e. The van der Waals surface area contributed by atoms with Crippen molar-refractivity contribution in [3.05, 3.63) is 12.1 Å². The van der Waals surface area contributed by atoms with Crippen LogP contribution in [-0.2, 0) is 4.74 Å². The average molecular weight is 253 g/mol. The van der Waals surface area contributed by atoms with Crippen molar-refractivity contribution in [2.24, 2.45) is 0 Å². The number of hydrogen-bond donors (Lipinski definition) is 4. The van der Waals surface area contributed by atoms with Crippen LogP contribution in [0.5, 0.6) is 5.75 Å². The fraction of sp³-hybridized carbons (Fsp3) is 0.417. The predicted octanol–water partition coefficient (Wildman–Crippen LogP) is 2.36. The van der Waals surface area contributed by atoms with Crippen molar-refractivity contribution < 1.29 is 14.6 Å². The van der Waals surface area contributed by atoms with Crippen LogP contribution in [0.1, 0.15) is 20.8 Å². The van der Waals surface area contributed by atoms with Crippen molar-refractivity contribution in [1.82, 2.24) is 0 Å². The summed E-state index contributed by atoms with van der Waals surface area (Å²) in [5, 5.41) is 15.0. The van der Waals surface area contributed by atoms with Crippen LogP contribution in [0.3, 0.4) is 0 Å². The molecule has 0 bridgehead atoms. The van der Waals surface area contributed by atoms with Crippen molar-refractivity contribution in [1.29, 1.82) is 0 Å². The molecule has 1 rings (SSSR count). The van der Waals surface area contributed by atoms with E-state index in [1.807, 2.05) is 0 Å². The molecule has 18 heavy (non-hydrogen) atoms. The zero-order valence-electron chi connectivity index (χ0n) is 11.0. The molecule has 0 fully saturated rings. The number of phenols is 1. The van der Waals surface area contributed by atoms with Gasteiger partial charge in [-0.1, -0.05) is 0 Å². The number of hydrogen-bond acceptors (Lipinski definition) is 5. The number of carbonyl (C=O) groups is 1. The Kier molecular flexibility index (Phi) is 3.90. The highest BCUT2D eigenvalue weighted by molar-refractivity contribution is 5.89. The lowest BCUT2D eigenvalue weighted by molar-refractivity contribution is 0.0635. The first kappa shape index (κ1) is 14.0. The zero-order chi connectivity index (χ0) is 13.9. The molecule has 0 aliphatic heterocycles. The number of carbonyl (C=O) groups excluding carboxylic acids is 1. The summed E-state index contributed by atoms with van der Waals surface area (Å²) in [5.74, 6) is -0.114. The maximum Gasteiger partial charge on any atom is 0.412 e. The van der Waals surface area contributed by atoms with Gasteiger partial charge in [-0.15, -0.1) is 0 Å². The molecule has 1 amide bonds. The van der Waals surface area contributed by atoms with Crippen LogP contribution in [0.25, 0.3) is 0 Å². The Hall–Kier alpha value is -2.11. The highest BCUT2D eigenvalue weighted by Gasteiger charge is 2.17. The summed E-state index contributed by atoms with van der Waals surface area (Å²) in [5.41, 5.74) is 6.31. The minimum atomic E-state index is -0.635. The lowest BCUT2D eigenvalue weighted by Gasteiger charge is -2.20. The molecule has 0 radical (unpaired) electrons. The van der Waals surface area contributed by atoms with Crippen LogP contribution in [0, 0.1) is 0 Å². The van der Waals surface area contributed by atoms with Crippen molar-refractivity contribution in [3.63, 3.8) is 0 Å². The molecule has 0 saturated carbocycles. The molecule has 0 heterocycles. The van der Waals surface area contributed by atoms with Gasteiger partial charge in [0.05, 0.1) is 17.1 Å². The van der Waals surface area contributed by atoms with Crippen LogP contribution in [0.4, 0.5) is 21.9 Å². The summed E-state index contributed by atoms with van der Waals surface area (Å²) in [7, 11) is 1.69. The van der Waals surface area contributed by atoms with Crippen LogP contribution in [0.15, 0.2) is 12.1 Å². The Labute approximate surface area is 106 Å². The van der Waals surface area contributed by atoms with Crippen LogP contribution in [0.2, 0.25) is 0 Å². The second-order valence-electron chi connectivity index (χ2n) is 4.83. The summed E-state index contributed by atoms with van der Waals surface area (Å²) < 4.78 is 5.09. The Morgan fingerprint density at radius 1 is 1.33 bits per heavy atom. The van der Waals surface area contributed by atoms with E-state index in [4.69, 9.17) is 10.5 Å². The molecule has 6 nitrogen and oxygen atoms in total. The Morgan fingerprint density at radius 2 is 1.94 bits per heavy atom. The molecule has 1 aromatic carbocycles. The van der Waals surface area contributed by atoms with E-state index >= 15 is 0 Å². The fourth-order valence-electron chi connectivity index (χ4n) is 1.33. The minimum Gasteiger partial charge on any atom is -0.506 e. The van der Waals surface area contributed by atoms with E-state index < -0.39 is 11.7 Å². The topological polar surface area (TPSA) is 96.6 Å². The maximum atomic E-state index is 11.6. The third kappa shape index (κ3) is 3.73. The summed E-state index contributed by atoms with van der Waals surface area (Å²) in [6.45, 7) is 5.28. The van der Waals surface area contributed by atoms with Crippen LogP contribution < -0.4 is 16.4 Å². The van der Waals surface area contributed by atoms with Gasteiger partial charge in [-0.3, -0.25) is 5.32 Å². The SMILES string of the molecule is CNc1cc(NC(=O)OC(C)(C)C)c(O)cc1N. The third-order valence-electron chi connectivity index (χ3n) is 2.07. The summed E-state index contributed by atoms with van der Waals surface area (Å²) in [6.07, 6.45) is -0.635. The van der Waals surface area contributed by atoms with Crippen molar-refractivity contribution in [2.75, 3.05) is 23.4 Å². The number of ether oxygens (including phenoxy) is 1. The molecule has 0 spiro atoms. The number of rotatable bonds is 2. The number of benzene rings is 1. The lowest BCUT2D eigenvalue weighted by atomic mass is 10.2. The van der Waals surface area contributed by atoms with Gasteiger partial charge in [-0.2, -0.15) is 0 Å². The minimum absolute atomic E-state index is 0.114. The second kappa shape index (κ2) is 5.03. The van der Waals surface area contributed by atoms with E-state index in [1.165, 1.54) is 12.1 Å². The van der Waals surface area contributed by atoms with Gasteiger partial charge in [-0.25, -0.2) is 4.79 Å². The smallest absolute Gasteiger partial charge is 0.412 e. The number of nitrogens with two attached hydrogens (primary N) is 1. The molecule has 0 unspecified atom stereocenters. The first-order valence-corrected chi connectivity index (χ1v) is 5.53. The highest BCUT2D eigenvalue weighted by atomic mass is 16.6. The van der Waals surface area contributed by atoms with Gasteiger partial charge in [0.15, 0.2) is 0 Å². The van der Waals surface area contributed by atoms with Gasteiger partial charge in [0, 0.05) is 13.1 Å². The van der Waals surface area contributed by atoms with E-state index in [0.717, 1.165) is 0 Å². The molecule has 1 aromatic rings. The van der Waals surface area contributed by atoms with Crippen molar-refractivity contribution in [3.8, 4) is 5.75 Å². The number of nitrogen functional groups attached to an aromatic ring is 1. The molecule has 0 atom stereocenters. The van der Waals surface area contributed by atoms with Gasteiger partial charge in [-0.05, 0) is 26.8 Å².